The van der Waals surface area contributed by atoms with Crippen LogP contribution in [-0.4, -0.2) is 76.6 Å². The summed E-state index contributed by atoms with van der Waals surface area (Å²) < 4.78 is 0. The number of likely N-dealkylation sites (tertiary alicyclic amines) is 1. The van der Waals surface area contributed by atoms with E-state index in [1.54, 1.807) is 12.4 Å². The second-order valence-corrected chi connectivity index (χ2v) is 11.2. The van der Waals surface area contributed by atoms with Crippen molar-refractivity contribution in [1.82, 2.24) is 25.1 Å². The number of carbonyl (C=O) groups is 1. The topological polar surface area (TPSA) is 88.4 Å². The van der Waals surface area contributed by atoms with E-state index in [4.69, 9.17) is 5.26 Å². The maximum absolute atomic E-state index is 13.0. The number of anilines is 1. The highest BCUT2D eigenvalue weighted by Gasteiger charge is 2.53. The Labute approximate surface area is 185 Å². The molecule has 1 N–H and O–H groups in total. The van der Waals surface area contributed by atoms with Gasteiger partial charge in [-0.2, -0.15) is 5.26 Å². The van der Waals surface area contributed by atoms with Gasteiger partial charge in [0.05, 0.1) is 18.0 Å². The standard InChI is InChI=1S/C23H35N7O/c1-16-11-29(20-25-9-18(8-24)10-26-20)12-17(2)30(16)21(31)27-19-6-23(7-19)14-28(15-23)13-22(3,4)5/h9-10,16-17,19H,6-7,11-15H2,1-5H3,(H,27,31)/t16-,17+. The van der Waals surface area contributed by atoms with Gasteiger partial charge >= 0.3 is 6.03 Å². The average molecular weight is 426 g/mol. The number of urea groups is 1. The third kappa shape index (κ3) is 4.62. The van der Waals surface area contributed by atoms with E-state index in [0.29, 0.717) is 41.5 Å². The predicted octanol–water partition coefficient (Wildman–Crippen LogP) is 2.47. The van der Waals surface area contributed by atoms with Gasteiger partial charge in [-0.25, -0.2) is 14.8 Å². The Balaban J connectivity index is 1.26. The number of nitrogens with one attached hydrogen (secondary N) is 1. The van der Waals surface area contributed by atoms with Gasteiger partial charge in [-0.3, -0.25) is 0 Å². The fraction of sp³-hybridized carbons (Fsp3) is 0.739. The maximum atomic E-state index is 13.0. The summed E-state index contributed by atoms with van der Waals surface area (Å²) in [6.07, 6.45) is 5.29. The summed E-state index contributed by atoms with van der Waals surface area (Å²) in [4.78, 5) is 28.3. The molecule has 3 heterocycles. The zero-order chi connectivity index (χ0) is 22.4. The zero-order valence-electron chi connectivity index (χ0n) is 19.4. The van der Waals surface area contributed by atoms with Gasteiger partial charge in [-0.05, 0) is 37.5 Å². The molecule has 1 spiro atoms. The molecule has 8 heteroatoms. The van der Waals surface area contributed by atoms with Gasteiger partial charge in [-0.15, -0.1) is 0 Å². The quantitative estimate of drug-likeness (QED) is 0.800. The Morgan fingerprint density at radius 2 is 1.77 bits per heavy atom. The summed E-state index contributed by atoms with van der Waals surface area (Å²) in [6, 6.07) is 2.50. The fourth-order valence-corrected chi connectivity index (χ4v) is 5.71. The van der Waals surface area contributed by atoms with E-state index in [2.05, 4.69) is 59.7 Å². The Kier molecular flexibility index (Phi) is 5.59. The first-order valence-electron chi connectivity index (χ1n) is 11.4. The van der Waals surface area contributed by atoms with Gasteiger partial charge in [0.25, 0.3) is 0 Å². The van der Waals surface area contributed by atoms with Crippen LogP contribution in [0, 0.1) is 22.2 Å². The zero-order valence-corrected chi connectivity index (χ0v) is 19.4. The molecule has 1 aliphatic carbocycles. The number of piperazine rings is 1. The number of nitrogens with zero attached hydrogens (tertiary/aromatic N) is 6. The van der Waals surface area contributed by atoms with Crippen molar-refractivity contribution in [3.05, 3.63) is 18.0 Å². The van der Waals surface area contributed by atoms with Crippen molar-refractivity contribution in [3.8, 4) is 6.07 Å². The van der Waals surface area contributed by atoms with E-state index in [9.17, 15) is 4.79 Å². The van der Waals surface area contributed by atoms with Crippen LogP contribution >= 0.6 is 0 Å². The van der Waals surface area contributed by atoms with E-state index in [1.807, 2.05) is 11.0 Å². The van der Waals surface area contributed by atoms with Crippen molar-refractivity contribution in [2.75, 3.05) is 37.6 Å². The number of nitriles is 1. The minimum absolute atomic E-state index is 0.0473. The molecule has 0 radical (unpaired) electrons. The molecule has 168 valence electrons. The fourth-order valence-electron chi connectivity index (χ4n) is 5.71. The first-order chi connectivity index (χ1) is 14.6. The molecule has 1 aromatic rings. The molecule has 1 aromatic heterocycles. The second-order valence-electron chi connectivity index (χ2n) is 11.2. The lowest BCUT2D eigenvalue weighted by atomic mass is 9.60. The molecule has 4 rings (SSSR count). The number of amides is 2. The molecule has 3 fully saturated rings. The summed E-state index contributed by atoms with van der Waals surface area (Å²) in [6.45, 7) is 15.9. The largest absolute Gasteiger partial charge is 0.337 e. The molecule has 2 saturated heterocycles. The molecule has 0 aromatic carbocycles. The SMILES string of the molecule is C[C@@H]1CN(c2ncc(C#N)cn2)C[C@H](C)N1C(=O)NC1CC2(C1)CN(CC(C)(C)C)C2. The van der Waals surface area contributed by atoms with E-state index in [-0.39, 0.29) is 18.1 Å². The van der Waals surface area contributed by atoms with Gasteiger partial charge in [-0.1, -0.05) is 20.8 Å². The molecule has 8 nitrogen and oxygen atoms in total. The molecule has 2 amide bonds. The number of hydrogen-bond acceptors (Lipinski definition) is 6. The van der Waals surface area contributed by atoms with Crippen LogP contribution in [0.1, 0.15) is 53.0 Å². The van der Waals surface area contributed by atoms with Crippen molar-refractivity contribution in [3.63, 3.8) is 0 Å². The van der Waals surface area contributed by atoms with Crippen LogP contribution in [0.5, 0.6) is 0 Å². The van der Waals surface area contributed by atoms with Crippen LogP contribution in [0.2, 0.25) is 0 Å². The Morgan fingerprint density at radius 1 is 1.19 bits per heavy atom. The second kappa shape index (κ2) is 7.94. The minimum Gasteiger partial charge on any atom is -0.337 e. The summed E-state index contributed by atoms with van der Waals surface area (Å²) in [5.74, 6) is 0.614. The van der Waals surface area contributed by atoms with Crippen molar-refractivity contribution in [2.24, 2.45) is 10.8 Å². The maximum Gasteiger partial charge on any atom is 0.318 e. The lowest BCUT2D eigenvalue weighted by Crippen LogP contribution is -2.69. The lowest BCUT2D eigenvalue weighted by Gasteiger charge is -2.60. The molecule has 31 heavy (non-hydrogen) atoms. The Hall–Kier alpha value is -2.40. The molecule has 1 saturated carbocycles. The molecular formula is C23H35N7O. The summed E-state index contributed by atoms with van der Waals surface area (Å²) in [5.41, 5.74) is 1.23. The normalized spacial score (nSPS) is 26.2. The summed E-state index contributed by atoms with van der Waals surface area (Å²) in [7, 11) is 0. The highest BCUT2D eigenvalue weighted by molar-refractivity contribution is 5.76. The first-order valence-corrected chi connectivity index (χ1v) is 11.4. The van der Waals surface area contributed by atoms with Crippen LogP contribution in [0.3, 0.4) is 0 Å². The van der Waals surface area contributed by atoms with Crippen molar-refractivity contribution in [2.45, 2.75) is 65.6 Å². The van der Waals surface area contributed by atoms with Crippen molar-refractivity contribution >= 4 is 12.0 Å². The Morgan fingerprint density at radius 3 is 2.29 bits per heavy atom. The van der Waals surface area contributed by atoms with Crippen LogP contribution in [0.4, 0.5) is 10.7 Å². The van der Waals surface area contributed by atoms with Gasteiger partial charge < -0.3 is 20.0 Å². The highest BCUT2D eigenvalue weighted by atomic mass is 16.2. The van der Waals surface area contributed by atoms with Crippen LogP contribution in [0.25, 0.3) is 0 Å². The molecule has 2 atom stereocenters. The van der Waals surface area contributed by atoms with E-state index < -0.39 is 0 Å². The molecule has 2 aliphatic heterocycles. The smallest absolute Gasteiger partial charge is 0.318 e. The summed E-state index contributed by atoms with van der Waals surface area (Å²) in [5, 5.41) is 12.2. The average Bonchev–Trinajstić information content (AvgIpc) is 2.63. The van der Waals surface area contributed by atoms with Gasteiger partial charge in [0.15, 0.2) is 0 Å². The van der Waals surface area contributed by atoms with E-state index in [0.717, 1.165) is 19.4 Å². The lowest BCUT2D eigenvalue weighted by molar-refractivity contribution is -0.0880. The number of carbonyl (C=O) groups excluding carboxylic acids is 1. The molecule has 0 bridgehead atoms. The highest BCUT2D eigenvalue weighted by Crippen LogP contribution is 2.49. The predicted molar refractivity (Wildman–Crippen MR) is 120 cm³/mol. The number of aromatic nitrogens is 2. The monoisotopic (exact) mass is 425 g/mol. The van der Waals surface area contributed by atoms with Gasteiger partial charge in [0.1, 0.15) is 6.07 Å². The Bertz CT molecular complexity index is 830. The van der Waals surface area contributed by atoms with Crippen LogP contribution < -0.4 is 10.2 Å². The third-order valence-corrected chi connectivity index (χ3v) is 6.71. The molecule has 0 unspecified atom stereocenters. The summed E-state index contributed by atoms with van der Waals surface area (Å²) >= 11 is 0. The first kappa shape index (κ1) is 21.8. The van der Waals surface area contributed by atoms with E-state index >= 15 is 0 Å². The van der Waals surface area contributed by atoms with Crippen molar-refractivity contribution < 1.29 is 4.79 Å². The van der Waals surface area contributed by atoms with Gasteiger partial charge in [0.2, 0.25) is 5.95 Å². The van der Waals surface area contributed by atoms with Crippen LogP contribution in [-0.2, 0) is 0 Å². The molecule has 3 aliphatic rings. The number of hydrogen-bond donors (Lipinski definition) is 1. The number of rotatable bonds is 3. The van der Waals surface area contributed by atoms with Crippen molar-refractivity contribution in [1.29, 1.82) is 5.26 Å². The van der Waals surface area contributed by atoms with Gasteiger partial charge in [0, 0.05) is 50.8 Å². The molecular weight excluding hydrogens is 390 g/mol. The van der Waals surface area contributed by atoms with E-state index in [1.165, 1.54) is 13.1 Å². The minimum atomic E-state index is 0.0473. The van der Waals surface area contributed by atoms with Crippen LogP contribution in [0.15, 0.2) is 12.4 Å². The third-order valence-electron chi connectivity index (χ3n) is 6.71.